The minimum Gasteiger partial charge on any atom is -0.480 e. The van der Waals surface area contributed by atoms with Gasteiger partial charge in [0.25, 0.3) is 0 Å². The number of unbranched alkanes of at least 4 members (excludes halogenated alkanes) is 2. The number of carbonyl (C=O) groups is 2. The number of aliphatic carboxylic acids is 1. The smallest absolute Gasteiger partial charge is 0.316 e. The van der Waals surface area contributed by atoms with E-state index in [9.17, 15) is 9.59 Å². The Hall–Kier alpha value is -0.710. The first-order valence-corrected chi connectivity index (χ1v) is 7.13. The van der Waals surface area contributed by atoms with E-state index in [0.29, 0.717) is 13.0 Å². The van der Waals surface area contributed by atoms with Gasteiger partial charge in [-0.1, -0.05) is 26.7 Å². The first-order chi connectivity index (χ1) is 8.02. The molecule has 4 nitrogen and oxygen atoms in total. The van der Waals surface area contributed by atoms with Gasteiger partial charge in [-0.25, -0.2) is 0 Å². The van der Waals surface area contributed by atoms with Crippen LogP contribution in [0.25, 0.3) is 0 Å². The number of thioether (sulfide) groups is 1. The van der Waals surface area contributed by atoms with Crippen LogP contribution >= 0.6 is 11.8 Å². The van der Waals surface area contributed by atoms with Crippen molar-refractivity contribution in [2.24, 2.45) is 0 Å². The van der Waals surface area contributed by atoms with Gasteiger partial charge in [-0.2, -0.15) is 0 Å². The molecule has 0 heterocycles. The summed E-state index contributed by atoms with van der Waals surface area (Å²) in [5.41, 5.74) is 0. The van der Waals surface area contributed by atoms with Crippen LogP contribution < -0.4 is 5.32 Å². The second-order valence-corrected chi connectivity index (χ2v) is 5.56. The van der Waals surface area contributed by atoms with E-state index in [1.54, 1.807) is 6.92 Å². The van der Waals surface area contributed by atoms with Crippen molar-refractivity contribution in [3.8, 4) is 0 Å². The first kappa shape index (κ1) is 16.3. The summed E-state index contributed by atoms with van der Waals surface area (Å²) in [7, 11) is 0. The van der Waals surface area contributed by atoms with E-state index in [4.69, 9.17) is 5.11 Å². The number of nitrogens with one attached hydrogen (secondary N) is 1. The third-order valence-corrected chi connectivity index (χ3v) is 3.95. The Labute approximate surface area is 108 Å². The molecule has 0 rings (SSSR count). The molecule has 5 heteroatoms. The summed E-state index contributed by atoms with van der Waals surface area (Å²) in [5, 5.41) is 10.9. The lowest BCUT2D eigenvalue weighted by Gasteiger charge is -2.15. The highest BCUT2D eigenvalue weighted by atomic mass is 32.2. The highest BCUT2D eigenvalue weighted by Gasteiger charge is 2.22. The summed E-state index contributed by atoms with van der Waals surface area (Å²) in [5.74, 6) is -0.908. The van der Waals surface area contributed by atoms with E-state index in [1.807, 2.05) is 6.92 Å². The number of hydrogen-bond acceptors (Lipinski definition) is 3. The fourth-order valence-corrected chi connectivity index (χ4v) is 2.38. The average Bonchev–Trinajstić information content (AvgIpc) is 2.30. The van der Waals surface area contributed by atoms with Crippen molar-refractivity contribution in [1.29, 1.82) is 0 Å². The molecule has 1 amide bonds. The number of carbonyl (C=O) groups excluding carboxylic acids is 1. The Kier molecular flexibility index (Phi) is 8.94. The van der Waals surface area contributed by atoms with Crippen LogP contribution in [0.3, 0.4) is 0 Å². The predicted octanol–water partition coefficient (Wildman–Crippen LogP) is 2.28. The lowest BCUT2D eigenvalue weighted by atomic mass is 10.2. The van der Waals surface area contributed by atoms with Gasteiger partial charge in [0, 0.05) is 6.54 Å². The molecule has 0 aliphatic carbocycles. The highest BCUT2D eigenvalue weighted by molar-refractivity contribution is 8.01. The maximum absolute atomic E-state index is 11.7. The molecule has 2 N–H and O–H groups in total. The minimum absolute atomic E-state index is 0.0641. The zero-order valence-electron chi connectivity index (χ0n) is 10.9. The number of carboxylic acid groups (broad SMARTS) is 1. The molecule has 0 aromatic rings. The highest BCUT2D eigenvalue weighted by Crippen LogP contribution is 2.20. The molecule has 0 saturated carbocycles. The van der Waals surface area contributed by atoms with Gasteiger partial charge in [0.2, 0.25) is 5.91 Å². The van der Waals surface area contributed by atoms with Crippen LogP contribution in [0, 0.1) is 0 Å². The maximum atomic E-state index is 11.7. The Balaban J connectivity index is 3.91. The molecule has 0 saturated heterocycles. The number of hydrogen-bond donors (Lipinski definition) is 2. The van der Waals surface area contributed by atoms with Gasteiger partial charge in [-0.05, 0) is 19.8 Å². The van der Waals surface area contributed by atoms with Crippen molar-refractivity contribution < 1.29 is 14.7 Å². The summed E-state index contributed by atoms with van der Waals surface area (Å²) in [6.07, 6.45) is 3.74. The third kappa shape index (κ3) is 7.26. The maximum Gasteiger partial charge on any atom is 0.316 e. The third-order valence-electron chi connectivity index (χ3n) is 2.46. The zero-order chi connectivity index (χ0) is 13.3. The van der Waals surface area contributed by atoms with Crippen LogP contribution in [0.5, 0.6) is 0 Å². The quantitative estimate of drug-likeness (QED) is 0.625. The zero-order valence-corrected chi connectivity index (χ0v) is 11.7. The first-order valence-electron chi connectivity index (χ1n) is 6.18. The van der Waals surface area contributed by atoms with Gasteiger partial charge in [-0.15, -0.1) is 11.8 Å². The largest absolute Gasteiger partial charge is 0.480 e. The van der Waals surface area contributed by atoms with Crippen molar-refractivity contribution in [2.75, 3.05) is 6.54 Å². The summed E-state index contributed by atoms with van der Waals surface area (Å²) in [6, 6.07) is 0. The van der Waals surface area contributed by atoms with E-state index in [1.165, 1.54) is 11.8 Å². The van der Waals surface area contributed by atoms with Crippen LogP contribution in [0.2, 0.25) is 0 Å². The van der Waals surface area contributed by atoms with Gasteiger partial charge >= 0.3 is 5.97 Å². The SMILES string of the molecule is CCCCCNC(=O)C(C)SC(CC)C(=O)O. The van der Waals surface area contributed by atoms with E-state index < -0.39 is 11.2 Å². The van der Waals surface area contributed by atoms with Crippen molar-refractivity contribution in [3.63, 3.8) is 0 Å². The standard InChI is InChI=1S/C12H23NO3S/c1-4-6-7-8-13-11(14)9(3)17-10(5-2)12(15)16/h9-10H,4-8H2,1-3H3,(H,13,14)(H,15,16). The van der Waals surface area contributed by atoms with E-state index >= 15 is 0 Å². The lowest BCUT2D eigenvalue weighted by molar-refractivity contribution is -0.136. The second-order valence-electron chi connectivity index (χ2n) is 4.01. The molecule has 0 aromatic carbocycles. The van der Waals surface area contributed by atoms with E-state index in [-0.39, 0.29) is 11.2 Å². The molecule has 2 unspecified atom stereocenters. The van der Waals surface area contributed by atoms with Gasteiger partial charge in [0.1, 0.15) is 5.25 Å². The summed E-state index contributed by atoms with van der Waals surface area (Å²) in [4.78, 5) is 22.5. The van der Waals surface area contributed by atoms with Crippen molar-refractivity contribution in [1.82, 2.24) is 5.32 Å². The summed E-state index contributed by atoms with van der Waals surface area (Å²) < 4.78 is 0. The molecular formula is C12H23NO3S. The molecule has 0 aliphatic rings. The van der Waals surface area contributed by atoms with Gasteiger partial charge in [0.15, 0.2) is 0 Å². The lowest BCUT2D eigenvalue weighted by Crippen LogP contribution is -2.33. The van der Waals surface area contributed by atoms with E-state index in [2.05, 4.69) is 12.2 Å². The van der Waals surface area contributed by atoms with Crippen LogP contribution in [0.15, 0.2) is 0 Å². The Morgan fingerprint density at radius 1 is 1.29 bits per heavy atom. The molecule has 0 aliphatic heterocycles. The van der Waals surface area contributed by atoms with Crippen LogP contribution in [0.4, 0.5) is 0 Å². The summed E-state index contributed by atoms with van der Waals surface area (Å²) >= 11 is 1.21. The topological polar surface area (TPSA) is 66.4 Å². The molecule has 0 aromatic heterocycles. The molecule has 2 atom stereocenters. The van der Waals surface area contributed by atoms with Gasteiger partial charge in [0.05, 0.1) is 5.25 Å². The van der Waals surface area contributed by atoms with Crippen LogP contribution in [-0.4, -0.2) is 34.0 Å². The molecular weight excluding hydrogens is 238 g/mol. The van der Waals surface area contributed by atoms with Crippen LogP contribution in [0.1, 0.15) is 46.5 Å². The Morgan fingerprint density at radius 2 is 1.94 bits per heavy atom. The monoisotopic (exact) mass is 261 g/mol. The number of rotatable bonds is 9. The van der Waals surface area contributed by atoms with Crippen molar-refractivity contribution >= 4 is 23.6 Å². The predicted molar refractivity (Wildman–Crippen MR) is 71.3 cm³/mol. The second kappa shape index (κ2) is 9.33. The van der Waals surface area contributed by atoms with Gasteiger partial charge in [-0.3, -0.25) is 9.59 Å². The van der Waals surface area contributed by atoms with Crippen molar-refractivity contribution in [3.05, 3.63) is 0 Å². The van der Waals surface area contributed by atoms with Crippen LogP contribution in [-0.2, 0) is 9.59 Å². The minimum atomic E-state index is -0.844. The molecule has 0 bridgehead atoms. The molecule has 17 heavy (non-hydrogen) atoms. The Bertz CT molecular complexity index is 246. The van der Waals surface area contributed by atoms with E-state index in [0.717, 1.165) is 19.3 Å². The number of amides is 1. The van der Waals surface area contributed by atoms with Crippen molar-refractivity contribution in [2.45, 2.75) is 57.0 Å². The molecule has 100 valence electrons. The number of carboxylic acids is 1. The van der Waals surface area contributed by atoms with Gasteiger partial charge < -0.3 is 10.4 Å². The average molecular weight is 261 g/mol. The molecule has 0 radical (unpaired) electrons. The fourth-order valence-electron chi connectivity index (χ4n) is 1.37. The summed E-state index contributed by atoms with van der Waals surface area (Å²) in [6.45, 7) is 6.36. The molecule has 0 fully saturated rings. The normalized spacial score (nSPS) is 14.1. The Morgan fingerprint density at radius 3 is 2.41 bits per heavy atom. The molecule has 0 spiro atoms. The fraction of sp³-hybridized carbons (Fsp3) is 0.833.